The van der Waals surface area contributed by atoms with Crippen LogP contribution < -0.4 is 0 Å². The van der Waals surface area contributed by atoms with Gasteiger partial charge in [-0.25, -0.2) is 0 Å². The number of H-pyrrole nitrogens is 2. The molecule has 1 saturated heterocycles. The summed E-state index contributed by atoms with van der Waals surface area (Å²) in [5.41, 5.74) is 3.89. The molecule has 2 aromatic heterocycles. The number of rotatable bonds is 3. The quantitative estimate of drug-likeness (QED) is 0.773. The third-order valence-electron chi connectivity index (χ3n) is 4.49. The molecule has 3 heterocycles. The van der Waals surface area contributed by atoms with Crippen molar-refractivity contribution in [3.8, 4) is 0 Å². The van der Waals surface area contributed by atoms with Crippen LogP contribution in [-0.2, 0) is 6.54 Å². The Labute approximate surface area is 124 Å². The molecule has 4 heteroatoms. The normalized spacial score (nSPS) is 20.1. The van der Waals surface area contributed by atoms with Crippen LogP contribution in [0.15, 0.2) is 42.7 Å². The molecule has 0 bridgehead atoms. The zero-order valence-electron chi connectivity index (χ0n) is 12.0. The summed E-state index contributed by atoms with van der Waals surface area (Å²) in [4.78, 5) is 5.81. The van der Waals surface area contributed by atoms with Gasteiger partial charge >= 0.3 is 0 Å². The molecule has 4 nitrogen and oxygen atoms in total. The SMILES string of the molecule is c1cc([C@H]2CCCN(Cc3ccc4[nH]ccc4c3)C2)[nH]n1. The second-order valence-electron chi connectivity index (χ2n) is 5.99. The third kappa shape index (κ3) is 2.59. The van der Waals surface area contributed by atoms with E-state index in [1.54, 1.807) is 0 Å². The lowest BCUT2D eigenvalue weighted by Crippen LogP contribution is -2.34. The van der Waals surface area contributed by atoms with E-state index in [0.717, 1.165) is 13.1 Å². The number of nitrogens with one attached hydrogen (secondary N) is 2. The molecule has 1 fully saturated rings. The largest absolute Gasteiger partial charge is 0.361 e. The van der Waals surface area contributed by atoms with Crippen molar-refractivity contribution in [1.29, 1.82) is 0 Å². The van der Waals surface area contributed by atoms with Crippen LogP contribution in [0.1, 0.15) is 30.0 Å². The number of hydrogen-bond donors (Lipinski definition) is 2. The second-order valence-corrected chi connectivity index (χ2v) is 5.99. The molecule has 0 amide bonds. The highest BCUT2D eigenvalue weighted by molar-refractivity contribution is 5.79. The zero-order valence-corrected chi connectivity index (χ0v) is 12.0. The Hall–Kier alpha value is -2.07. The molecule has 1 aromatic carbocycles. The Morgan fingerprint density at radius 2 is 2.24 bits per heavy atom. The minimum Gasteiger partial charge on any atom is -0.361 e. The predicted octanol–water partition coefficient (Wildman–Crippen LogP) is 3.27. The summed E-state index contributed by atoms with van der Waals surface area (Å²) in [5, 5.41) is 8.52. The highest BCUT2D eigenvalue weighted by atomic mass is 15.1. The number of aromatic amines is 2. The maximum Gasteiger partial charge on any atom is 0.0490 e. The smallest absolute Gasteiger partial charge is 0.0490 e. The van der Waals surface area contributed by atoms with E-state index in [0.29, 0.717) is 5.92 Å². The highest BCUT2D eigenvalue weighted by Crippen LogP contribution is 2.26. The third-order valence-corrected chi connectivity index (χ3v) is 4.49. The molecule has 1 atom stereocenters. The van der Waals surface area contributed by atoms with Crippen LogP contribution >= 0.6 is 0 Å². The fourth-order valence-electron chi connectivity index (χ4n) is 3.41. The van der Waals surface area contributed by atoms with Gasteiger partial charge < -0.3 is 4.98 Å². The van der Waals surface area contributed by atoms with Crippen LogP contribution in [-0.4, -0.2) is 33.2 Å². The lowest BCUT2D eigenvalue weighted by Gasteiger charge is -2.32. The van der Waals surface area contributed by atoms with Crippen LogP contribution in [0.25, 0.3) is 10.9 Å². The van der Waals surface area contributed by atoms with E-state index < -0.39 is 0 Å². The van der Waals surface area contributed by atoms with Crippen LogP contribution in [0, 0.1) is 0 Å². The maximum atomic E-state index is 4.09. The fourth-order valence-corrected chi connectivity index (χ4v) is 3.41. The minimum atomic E-state index is 0.595. The second kappa shape index (κ2) is 5.37. The first-order valence-corrected chi connectivity index (χ1v) is 7.66. The van der Waals surface area contributed by atoms with Crippen molar-refractivity contribution < 1.29 is 0 Å². The average Bonchev–Trinajstić information content (AvgIpc) is 3.18. The van der Waals surface area contributed by atoms with Gasteiger partial charge in [-0.2, -0.15) is 5.10 Å². The average molecular weight is 280 g/mol. The molecule has 0 spiro atoms. The zero-order chi connectivity index (χ0) is 14.1. The van der Waals surface area contributed by atoms with Crippen molar-refractivity contribution in [3.63, 3.8) is 0 Å². The van der Waals surface area contributed by atoms with E-state index in [4.69, 9.17) is 0 Å². The van der Waals surface area contributed by atoms with E-state index >= 15 is 0 Å². The molecule has 2 N–H and O–H groups in total. The number of piperidine rings is 1. The van der Waals surface area contributed by atoms with Crippen LogP contribution in [0.5, 0.6) is 0 Å². The molecule has 3 aromatic rings. The van der Waals surface area contributed by atoms with Gasteiger partial charge in [0.2, 0.25) is 0 Å². The number of benzene rings is 1. The van der Waals surface area contributed by atoms with E-state index in [2.05, 4.69) is 50.4 Å². The number of aromatic nitrogens is 3. The number of likely N-dealkylation sites (tertiary alicyclic amines) is 1. The van der Waals surface area contributed by atoms with Gasteiger partial charge in [0.15, 0.2) is 0 Å². The number of fused-ring (bicyclic) bond motifs is 1. The summed E-state index contributed by atoms with van der Waals surface area (Å²) in [7, 11) is 0. The van der Waals surface area contributed by atoms with Gasteiger partial charge in [-0.1, -0.05) is 6.07 Å². The Morgan fingerprint density at radius 1 is 1.24 bits per heavy atom. The molecular formula is C17H20N4. The molecule has 4 rings (SSSR count). The lowest BCUT2D eigenvalue weighted by molar-refractivity contribution is 0.198. The van der Waals surface area contributed by atoms with Crippen molar-refractivity contribution in [2.75, 3.05) is 13.1 Å². The molecule has 0 unspecified atom stereocenters. The molecule has 0 saturated carbocycles. The van der Waals surface area contributed by atoms with Crippen LogP contribution in [0.3, 0.4) is 0 Å². The Bertz CT molecular complexity index is 713. The molecule has 21 heavy (non-hydrogen) atoms. The summed E-state index contributed by atoms with van der Waals surface area (Å²) in [6, 6.07) is 11.0. The molecule has 0 radical (unpaired) electrons. The van der Waals surface area contributed by atoms with Crippen molar-refractivity contribution in [1.82, 2.24) is 20.1 Å². The highest BCUT2D eigenvalue weighted by Gasteiger charge is 2.22. The first-order chi connectivity index (χ1) is 10.4. The summed E-state index contributed by atoms with van der Waals surface area (Å²) < 4.78 is 0. The summed E-state index contributed by atoms with van der Waals surface area (Å²) in [6.45, 7) is 3.34. The van der Waals surface area contributed by atoms with E-state index in [-0.39, 0.29) is 0 Å². The standard InChI is InChI=1S/C17H20N4/c1-2-15(17-6-8-19-20-17)12-21(9-1)11-13-3-4-16-14(10-13)5-7-18-16/h3-8,10,15,18H,1-2,9,11-12H2,(H,19,20)/t15-/m0/s1. The Balaban J connectivity index is 1.48. The summed E-state index contributed by atoms with van der Waals surface area (Å²) >= 11 is 0. The molecular weight excluding hydrogens is 260 g/mol. The van der Waals surface area contributed by atoms with Gasteiger partial charge in [0.05, 0.1) is 0 Å². The Morgan fingerprint density at radius 3 is 3.14 bits per heavy atom. The van der Waals surface area contributed by atoms with Crippen molar-refractivity contribution in [2.45, 2.75) is 25.3 Å². The maximum absolute atomic E-state index is 4.09. The summed E-state index contributed by atoms with van der Waals surface area (Å²) in [5.74, 6) is 0.595. The fraction of sp³-hybridized carbons (Fsp3) is 0.353. The number of nitrogens with zero attached hydrogens (tertiary/aromatic N) is 2. The topological polar surface area (TPSA) is 47.7 Å². The molecule has 1 aliphatic rings. The van der Waals surface area contributed by atoms with Gasteiger partial charge in [-0.3, -0.25) is 10.00 Å². The predicted molar refractivity (Wildman–Crippen MR) is 84.1 cm³/mol. The molecule has 108 valence electrons. The van der Waals surface area contributed by atoms with Gasteiger partial charge in [-0.15, -0.1) is 0 Å². The van der Waals surface area contributed by atoms with Gasteiger partial charge in [0, 0.05) is 42.6 Å². The van der Waals surface area contributed by atoms with E-state index in [1.807, 2.05) is 12.4 Å². The van der Waals surface area contributed by atoms with Crippen LogP contribution in [0.2, 0.25) is 0 Å². The monoisotopic (exact) mass is 280 g/mol. The Kier molecular flexibility index (Phi) is 3.24. The van der Waals surface area contributed by atoms with Crippen LogP contribution in [0.4, 0.5) is 0 Å². The van der Waals surface area contributed by atoms with Crippen molar-refractivity contribution in [3.05, 3.63) is 54.0 Å². The first-order valence-electron chi connectivity index (χ1n) is 7.66. The van der Waals surface area contributed by atoms with E-state index in [9.17, 15) is 0 Å². The number of hydrogen-bond acceptors (Lipinski definition) is 2. The van der Waals surface area contributed by atoms with Crippen molar-refractivity contribution in [2.24, 2.45) is 0 Å². The van der Waals surface area contributed by atoms with Gasteiger partial charge in [0.1, 0.15) is 0 Å². The van der Waals surface area contributed by atoms with E-state index in [1.165, 1.54) is 41.5 Å². The first kappa shape index (κ1) is 12.7. The minimum absolute atomic E-state index is 0.595. The lowest BCUT2D eigenvalue weighted by atomic mass is 9.94. The summed E-state index contributed by atoms with van der Waals surface area (Å²) in [6.07, 6.45) is 6.38. The van der Waals surface area contributed by atoms with Gasteiger partial charge in [-0.05, 0) is 54.6 Å². The molecule has 0 aliphatic carbocycles. The van der Waals surface area contributed by atoms with Crippen molar-refractivity contribution >= 4 is 10.9 Å². The molecule has 1 aliphatic heterocycles. The van der Waals surface area contributed by atoms with Gasteiger partial charge in [0.25, 0.3) is 0 Å².